The molecule has 0 saturated heterocycles. The molecule has 0 radical (unpaired) electrons. The van der Waals surface area contributed by atoms with Crippen molar-refractivity contribution in [1.82, 2.24) is 0 Å². The van der Waals surface area contributed by atoms with Crippen LogP contribution in [0, 0.1) is 0 Å². The van der Waals surface area contributed by atoms with E-state index in [1.165, 1.54) is 0 Å². The van der Waals surface area contributed by atoms with E-state index in [2.05, 4.69) is 35.9 Å². The SMILES string of the molecule is BC/C=C/CBr. The molecule has 0 bridgehead atoms. The third-order valence-electron chi connectivity index (χ3n) is 0.491. The molecule has 0 N–H and O–H groups in total. The average molecular weight is 147 g/mol. The van der Waals surface area contributed by atoms with Gasteiger partial charge in [-0.25, -0.2) is 0 Å². The van der Waals surface area contributed by atoms with Crippen molar-refractivity contribution < 1.29 is 0 Å². The van der Waals surface area contributed by atoms with Crippen LogP contribution in [0.2, 0.25) is 6.32 Å². The molecule has 0 heterocycles. The summed E-state index contributed by atoms with van der Waals surface area (Å²) >= 11 is 3.26. The summed E-state index contributed by atoms with van der Waals surface area (Å²) in [5, 5.41) is 0.987. The highest BCUT2D eigenvalue weighted by Gasteiger charge is 1.62. The number of hydrogen-bond donors (Lipinski definition) is 0. The molecule has 0 amide bonds. The molecule has 0 saturated carbocycles. The van der Waals surface area contributed by atoms with Crippen LogP contribution < -0.4 is 0 Å². The summed E-state index contributed by atoms with van der Waals surface area (Å²) in [7, 11) is 2.12. The number of rotatable bonds is 2. The van der Waals surface area contributed by atoms with E-state index in [1.807, 2.05) is 0 Å². The monoisotopic (exact) mass is 146 g/mol. The first kappa shape index (κ1) is 6.28. The molecule has 0 aromatic rings. The Morgan fingerprint density at radius 2 is 2.17 bits per heavy atom. The van der Waals surface area contributed by atoms with Crippen LogP contribution in [0.15, 0.2) is 12.2 Å². The topological polar surface area (TPSA) is 0 Å². The van der Waals surface area contributed by atoms with Crippen LogP contribution in [0.5, 0.6) is 0 Å². The van der Waals surface area contributed by atoms with Gasteiger partial charge in [-0.2, -0.15) is 0 Å². The summed E-state index contributed by atoms with van der Waals surface area (Å²) in [5.41, 5.74) is 0. The van der Waals surface area contributed by atoms with Crippen molar-refractivity contribution in [1.29, 1.82) is 0 Å². The fraction of sp³-hybridized carbons (Fsp3) is 0.500. The molecule has 0 aromatic heterocycles. The Labute approximate surface area is 48.2 Å². The smallest absolute Gasteiger partial charge is 0.0956 e. The van der Waals surface area contributed by atoms with Gasteiger partial charge in [0.05, 0.1) is 0 Å². The predicted molar refractivity (Wildman–Crippen MR) is 36.3 cm³/mol. The minimum atomic E-state index is 0.987. The molecule has 0 nitrogen and oxygen atoms in total. The molecule has 0 spiro atoms. The van der Waals surface area contributed by atoms with Gasteiger partial charge in [0, 0.05) is 5.33 Å². The summed E-state index contributed by atoms with van der Waals surface area (Å²) in [6.07, 6.45) is 5.38. The van der Waals surface area contributed by atoms with Crippen molar-refractivity contribution in [2.75, 3.05) is 5.33 Å². The lowest BCUT2D eigenvalue weighted by Crippen LogP contribution is -1.58. The molecule has 34 valence electrons. The van der Waals surface area contributed by atoms with Gasteiger partial charge in [0.1, 0.15) is 7.85 Å². The van der Waals surface area contributed by atoms with Gasteiger partial charge in [-0.3, -0.25) is 0 Å². The van der Waals surface area contributed by atoms with Gasteiger partial charge < -0.3 is 0 Å². The Morgan fingerprint density at radius 3 is 2.33 bits per heavy atom. The Balaban J connectivity index is 2.73. The third-order valence-corrected chi connectivity index (χ3v) is 0.865. The van der Waals surface area contributed by atoms with Gasteiger partial charge in [0.2, 0.25) is 0 Å². The third kappa shape index (κ3) is 4.28. The van der Waals surface area contributed by atoms with Gasteiger partial charge in [-0.05, 0) is 0 Å². The van der Waals surface area contributed by atoms with Gasteiger partial charge in [0.25, 0.3) is 0 Å². The van der Waals surface area contributed by atoms with E-state index < -0.39 is 0 Å². The van der Waals surface area contributed by atoms with E-state index >= 15 is 0 Å². The van der Waals surface area contributed by atoms with Gasteiger partial charge in [0.15, 0.2) is 0 Å². The number of alkyl halides is 1. The molecular formula is C4H8BBr. The lowest BCUT2D eigenvalue weighted by atomic mass is 10.1. The van der Waals surface area contributed by atoms with E-state index in [1.54, 1.807) is 0 Å². The highest BCUT2D eigenvalue weighted by atomic mass is 79.9. The maximum absolute atomic E-state index is 3.26. The Morgan fingerprint density at radius 1 is 1.50 bits per heavy atom. The van der Waals surface area contributed by atoms with Crippen LogP contribution in [-0.4, -0.2) is 13.2 Å². The standard InChI is InChI=1S/C4H8BBr/c5-3-1-2-4-6/h1-2H,3-5H2/b2-1+. The van der Waals surface area contributed by atoms with E-state index in [4.69, 9.17) is 0 Å². The molecule has 0 atom stereocenters. The first-order chi connectivity index (χ1) is 2.91. The number of hydrogen-bond acceptors (Lipinski definition) is 0. The minimum absolute atomic E-state index is 0.987. The maximum Gasteiger partial charge on any atom is 0.106 e. The van der Waals surface area contributed by atoms with Gasteiger partial charge in [-0.1, -0.05) is 34.4 Å². The summed E-state index contributed by atoms with van der Waals surface area (Å²) in [6.45, 7) is 0. The van der Waals surface area contributed by atoms with E-state index in [0.29, 0.717) is 0 Å². The minimum Gasteiger partial charge on any atom is -0.0956 e. The van der Waals surface area contributed by atoms with Crippen LogP contribution in [0.3, 0.4) is 0 Å². The highest BCUT2D eigenvalue weighted by molar-refractivity contribution is 9.09. The van der Waals surface area contributed by atoms with Crippen LogP contribution in [0.4, 0.5) is 0 Å². The van der Waals surface area contributed by atoms with Crippen LogP contribution in [0.1, 0.15) is 0 Å². The Bertz CT molecular complexity index is 36.8. The predicted octanol–water partition coefficient (Wildman–Crippen LogP) is 0.989. The molecular weight excluding hydrogens is 139 g/mol. The van der Waals surface area contributed by atoms with Crippen molar-refractivity contribution >= 4 is 23.8 Å². The molecule has 2 heteroatoms. The lowest BCUT2D eigenvalue weighted by Gasteiger charge is -1.70. The van der Waals surface area contributed by atoms with Crippen molar-refractivity contribution in [3.8, 4) is 0 Å². The number of allylic oxidation sites excluding steroid dienone is 2. The fourth-order valence-corrected chi connectivity index (χ4v) is 0.494. The second kappa shape index (κ2) is 5.28. The molecule has 0 aliphatic heterocycles. The quantitative estimate of drug-likeness (QED) is 0.310. The van der Waals surface area contributed by atoms with Crippen LogP contribution >= 0.6 is 15.9 Å². The molecule has 0 aromatic carbocycles. The summed E-state index contributed by atoms with van der Waals surface area (Å²) < 4.78 is 0. The summed E-state index contributed by atoms with van der Waals surface area (Å²) in [4.78, 5) is 0. The zero-order valence-electron chi connectivity index (χ0n) is 3.95. The van der Waals surface area contributed by atoms with Crippen LogP contribution in [-0.2, 0) is 0 Å². The zero-order chi connectivity index (χ0) is 4.83. The Hall–Kier alpha value is 0.285. The highest BCUT2D eigenvalue weighted by Crippen LogP contribution is 1.82. The summed E-state index contributed by atoms with van der Waals surface area (Å²) in [5.74, 6) is 0. The summed E-state index contributed by atoms with van der Waals surface area (Å²) in [6, 6.07) is 0. The Kier molecular flexibility index (Phi) is 5.54. The second-order valence-electron chi connectivity index (χ2n) is 1.03. The first-order valence-electron chi connectivity index (χ1n) is 2.12. The normalized spacial score (nSPS) is 10.2. The van der Waals surface area contributed by atoms with Crippen molar-refractivity contribution in [2.24, 2.45) is 0 Å². The second-order valence-corrected chi connectivity index (χ2v) is 1.68. The molecule has 0 fully saturated rings. The lowest BCUT2D eigenvalue weighted by molar-refractivity contribution is 1.65. The van der Waals surface area contributed by atoms with Crippen molar-refractivity contribution in [2.45, 2.75) is 6.32 Å². The molecule has 6 heavy (non-hydrogen) atoms. The zero-order valence-corrected chi connectivity index (χ0v) is 5.53. The molecule has 0 rings (SSSR count). The molecule has 0 aliphatic carbocycles. The van der Waals surface area contributed by atoms with Crippen molar-refractivity contribution in [3.63, 3.8) is 0 Å². The van der Waals surface area contributed by atoms with E-state index in [0.717, 1.165) is 11.7 Å². The van der Waals surface area contributed by atoms with Crippen LogP contribution in [0.25, 0.3) is 0 Å². The van der Waals surface area contributed by atoms with Crippen molar-refractivity contribution in [3.05, 3.63) is 12.2 Å². The molecule has 0 aliphatic rings. The van der Waals surface area contributed by atoms with Gasteiger partial charge in [-0.15, -0.1) is 0 Å². The first-order valence-corrected chi connectivity index (χ1v) is 3.25. The molecule has 0 unspecified atom stereocenters. The average Bonchev–Trinajstić information content (AvgIpc) is 1.61. The number of halogens is 1. The fourth-order valence-electron chi connectivity index (χ4n) is 0.230. The van der Waals surface area contributed by atoms with E-state index in [9.17, 15) is 0 Å². The maximum atomic E-state index is 3.26. The van der Waals surface area contributed by atoms with E-state index in [-0.39, 0.29) is 0 Å². The largest absolute Gasteiger partial charge is 0.106 e. The van der Waals surface area contributed by atoms with Gasteiger partial charge >= 0.3 is 0 Å².